The highest BCUT2D eigenvalue weighted by Crippen LogP contribution is 2.22. The molecule has 0 aliphatic carbocycles. The molecule has 1 aliphatic heterocycles. The molecule has 24 heavy (non-hydrogen) atoms. The summed E-state index contributed by atoms with van der Waals surface area (Å²) in [6.45, 7) is 0.958. The Balaban J connectivity index is 1.56. The van der Waals surface area contributed by atoms with Gasteiger partial charge in [-0.15, -0.1) is 11.3 Å². The number of carbonyl (C=O) groups excluding carboxylic acids is 2. The number of benzene rings is 1. The Labute approximate surface area is 144 Å². The molecule has 1 saturated heterocycles. The monoisotopic (exact) mass is 346 g/mol. The molecule has 0 bridgehead atoms. The minimum Gasteiger partial charge on any atom is -0.354 e. The molecule has 1 fully saturated rings. The Kier molecular flexibility index (Phi) is 5.25. The van der Waals surface area contributed by atoms with Crippen LogP contribution in [0, 0.1) is 5.82 Å². The number of halogens is 1. The second-order valence-electron chi connectivity index (χ2n) is 5.77. The third-order valence-electron chi connectivity index (χ3n) is 4.20. The van der Waals surface area contributed by atoms with Crippen LogP contribution in [0.2, 0.25) is 0 Å². The van der Waals surface area contributed by atoms with Crippen molar-refractivity contribution in [2.24, 2.45) is 0 Å². The van der Waals surface area contributed by atoms with Gasteiger partial charge in [0.15, 0.2) is 0 Å². The van der Waals surface area contributed by atoms with Crippen molar-refractivity contribution in [3.05, 3.63) is 58.0 Å². The molecular formula is C18H19FN2O2S. The number of hydrogen-bond donors (Lipinski definition) is 1. The molecule has 2 amide bonds. The van der Waals surface area contributed by atoms with E-state index in [0.717, 1.165) is 6.42 Å². The Hall–Kier alpha value is -2.21. The summed E-state index contributed by atoms with van der Waals surface area (Å²) in [7, 11) is 0. The minimum absolute atomic E-state index is 0.0863. The van der Waals surface area contributed by atoms with Crippen LogP contribution in [0.1, 0.15) is 28.1 Å². The maximum Gasteiger partial charge on any atom is 0.264 e. The lowest BCUT2D eigenvalue weighted by Gasteiger charge is -2.23. The van der Waals surface area contributed by atoms with E-state index < -0.39 is 6.04 Å². The van der Waals surface area contributed by atoms with Crippen molar-refractivity contribution >= 4 is 23.2 Å². The van der Waals surface area contributed by atoms with Gasteiger partial charge in [-0.25, -0.2) is 4.39 Å². The zero-order valence-corrected chi connectivity index (χ0v) is 14.0. The topological polar surface area (TPSA) is 49.4 Å². The number of nitrogens with zero attached hydrogens (tertiary/aromatic N) is 1. The zero-order chi connectivity index (χ0) is 16.9. The molecule has 1 aromatic heterocycles. The van der Waals surface area contributed by atoms with Crippen LogP contribution < -0.4 is 5.32 Å². The Morgan fingerprint density at radius 2 is 2.08 bits per heavy atom. The van der Waals surface area contributed by atoms with Crippen molar-refractivity contribution in [3.8, 4) is 0 Å². The summed E-state index contributed by atoms with van der Waals surface area (Å²) in [5.74, 6) is -0.507. The fourth-order valence-corrected chi connectivity index (χ4v) is 3.64. The molecule has 1 atom stereocenters. The van der Waals surface area contributed by atoms with E-state index in [9.17, 15) is 14.0 Å². The van der Waals surface area contributed by atoms with Gasteiger partial charge in [-0.3, -0.25) is 9.59 Å². The molecule has 2 aromatic rings. The predicted molar refractivity (Wildman–Crippen MR) is 91.5 cm³/mol. The van der Waals surface area contributed by atoms with E-state index in [4.69, 9.17) is 0 Å². The zero-order valence-electron chi connectivity index (χ0n) is 13.2. The normalized spacial score (nSPS) is 17.0. The molecule has 1 aromatic carbocycles. The third kappa shape index (κ3) is 3.64. The van der Waals surface area contributed by atoms with Crippen molar-refractivity contribution < 1.29 is 14.0 Å². The summed E-state index contributed by atoms with van der Waals surface area (Å²) in [6, 6.07) is 9.72. The van der Waals surface area contributed by atoms with E-state index in [0.29, 0.717) is 36.4 Å². The van der Waals surface area contributed by atoms with Gasteiger partial charge < -0.3 is 10.2 Å². The number of carbonyl (C=O) groups is 2. The number of likely N-dealkylation sites (tertiary alicyclic amines) is 1. The number of rotatable bonds is 5. The average Bonchev–Trinajstić information content (AvgIpc) is 3.27. The molecule has 3 rings (SSSR count). The van der Waals surface area contributed by atoms with Gasteiger partial charge >= 0.3 is 0 Å². The first-order valence-corrected chi connectivity index (χ1v) is 8.90. The lowest BCUT2D eigenvalue weighted by atomic mass is 10.1. The largest absolute Gasteiger partial charge is 0.354 e. The summed E-state index contributed by atoms with van der Waals surface area (Å²) < 4.78 is 13.6. The standard InChI is InChI=1S/C18H19FN2O2S/c19-14-6-2-1-5-13(14)9-10-20-17(22)15-7-3-11-21(15)18(23)16-8-4-12-24-16/h1-2,4-6,8,12,15H,3,7,9-11H2,(H,20,22)/t15-/m1/s1. The van der Waals surface area contributed by atoms with Gasteiger partial charge in [-0.05, 0) is 42.3 Å². The van der Waals surface area contributed by atoms with E-state index in [1.54, 1.807) is 29.2 Å². The lowest BCUT2D eigenvalue weighted by Crippen LogP contribution is -2.46. The lowest BCUT2D eigenvalue weighted by molar-refractivity contribution is -0.124. The van der Waals surface area contributed by atoms with Crippen molar-refractivity contribution in [1.29, 1.82) is 0 Å². The number of nitrogens with one attached hydrogen (secondary N) is 1. The highest BCUT2D eigenvalue weighted by atomic mass is 32.1. The van der Waals surface area contributed by atoms with Crippen molar-refractivity contribution in [3.63, 3.8) is 0 Å². The Morgan fingerprint density at radius 1 is 1.25 bits per heavy atom. The van der Waals surface area contributed by atoms with Crippen LogP contribution >= 0.6 is 11.3 Å². The number of thiophene rings is 1. The van der Waals surface area contributed by atoms with Crippen LogP contribution in [-0.4, -0.2) is 35.8 Å². The van der Waals surface area contributed by atoms with Crippen LogP contribution in [0.4, 0.5) is 4.39 Å². The van der Waals surface area contributed by atoms with E-state index in [2.05, 4.69) is 5.32 Å². The smallest absolute Gasteiger partial charge is 0.264 e. The van der Waals surface area contributed by atoms with Crippen molar-refractivity contribution in [1.82, 2.24) is 10.2 Å². The molecule has 0 radical (unpaired) electrons. The van der Waals surface area contributed by atoms with Crippen LogP contribution in [0.5, 0.6) is 0 Å². The second-order valence-corrected chi connectivity index (χ2v) is 6.71. The molecule has 0 spiro atoms. The fourth-order valence-electron chi connectivity index (χ4n) is 2.96. The summed E-state index contributed by atoms with van der Waals surface area (Å²) in [6.07, 6.45) is 1.93. The van der Waals surface area contributed by atoms with Crippen LogP contribution in [-0.2, 0) is 11.2 Å². The highest BCUT2D eigenvalue weighted by Gasteiger charge is 2.34. The maximum atomic E-state index is 13.6. The molecule has 0 unspecified atom stereocenters. The Bertz CT molecular complexity index is 718. The molecule has 6 heteroatoms. The van der Waals surface area contributed by atoms with Gasteiger partial charge in [0.05, 0.1) is 4.88 Å². The molecule has 1 N–H and O–H groups in total. The molecule has 2 heterocycles. The van der Waals surface area contributed by atoms with Crippen molar-refractivity contribution in [2.75, 3.05) is 13.1 Å². The molecule has 4 nitrogen and oxygen atoms in total. The fraction of sp³-hybridized carbons (Fsp3) is 0.333. The van der Waals surface area contributed by atoms with Crippen molar-refractivity contribution in [2.45, 2.75) is 25.3 Å². The van der Waals surface area contributed by atoms with E-state index in [1.165, 1.54) is 17.4 Å². The van der Waals surface area contributed by atoms with Gasteiger partial charge in [-0.1, -0.05) is 24.3 Å². The first-order valence-electron chi connectivity index (χ1n) is 8.02. The second kappa shape index (κ2) is 7.57. The molecule has 126 valence electrons. The van der Waals surface area contributed by atoms with Crippen LogP contribution in [0.25, 0.3) is 0 Å². The van der Waals surface area contributed by atoms with E-state index in [-0.39, 0.29) is 17.6 Å². The summed E-state index contributed by atoms with van der Waals surface area (Å²) in [4.78, 5) is 27.2. The summed E-state index contributed by atoms with van der Waals surface area (Å²) >= 11 is 1.38. The van der Waals surface area contributed by atoms with Gasteiger partial charge in [-0.2, -0.15) is 0 Å². The van der Waals surface area contributed by atoms with E-state index >= 15 is 0 Å². The molecule has 1 aliphatic rings. The number of hydrogen-bond acceptors (Lipinski definition) is 3. The Morgan fingerprint density at radius 3 is 2.83 bits per heavy atom. The highest BCUT2D eigenvalue weighted by molar-refractivity contribution is 7.12. The van der Waals surface area contributed by atoms with Crippen LogP contribution in [0.15, 0.2) is 41.8 Å². The predicted octanol–water partition coefficient (Wildman–Crippen LogP) is 2.85. The van der Waals surface area contributed by atoms with Crippen LogP contribution in [0.3, 0.4) is 0 Å². The SMILES string of the molecule is O=C(NCCc1ccccc1F)[C@H]1CCCN1C(=O)c1cccs1. The first-order chi connectivity index (χ1) is 11.7. The maximum absolute atomic E-state index is 13.6. The van der Waals surface area contributed by atoms with Gasteiger partial charge in [0.25, 0.3) is 5.91 Å². The molecular weight excluding hydrogens is 327 g/mol. The molecule has 0 saturated carbocycles. The summed E-state index contributed by atoms with van der Waals surface area (Å²) in [5.41, 5.74) is 0.579. The summed E-state index contributed by atoms with van der Waals surface area (Å²) in [5, 5.41) is 4.69. The van der Waals surface area contributed by atoms with Gasteiger partial charge in [0, 0.05) is 13.1 Å². The van der Waals surface area contributed by atoms with Gasteiger partial charge in [0.1, 0.15) is 11.9 Å². The minimum atomic E-state index is -0.430. The third-order valence-corrected chi connectivity index (χ3v) is 5.06. The average molecular weight is 346 g/mol. The number of amides is 2. The quantitative estimate of drug-likeness (QED) is 0.905. The first kappa shape index (κ1) is 16.6. The van der Waals surface area contributed by atoms with E-state index in [1.807, 2.05) is 11.4 Å². The van der Waals surface area contributed by atoms with Gasteiger partial charge in [0.2, 0.25) is 5.91 Å².